The van der Waals surface area contributed by atoms with E-state index < -0.39 is 86.6 Å². The molecule has 0 aromatic heterocycles. The molecule has 0 aromatic rings. The Kier molecular flexibility index (Phi) is 61.9. The van der Waals surface area contributed by atoms with Crippen LogP contribution >= 0.6 is 0 Å². The van der Waals surface area contributed by atoms with Crippen LogP contribution < -0.4 is 61.8 Å². The van der Waals surface area contributed by atoms with Crippen molar-refractivity contribution in [3.05, 3.63) is 0 Å². The van der Waals surface area contributed by atoms with Gasteiger partial charge in [0.2, 0.25) is 0 Å². The first-order valence-electron chi connectivity index (χ1n) is 44.8. The number of hydrogen-bond acceptors (Lipinski definition) is 44. The van der Waals surface area contributed by atoms with E-state index in [-0.39, 0.29) is 171 Å². The lowest BCUT2D eigenvalue weighted by molar-refractivity contribution is -0.193. The summed E-state index contributed by atoms with van der Waals surface area (Å²) in [5, 5.41) is 98.7. The van der Waals surface area contributed by atoms with E-state index in [1.54, 1.807) is 12.9 Å². The maximum Gasteiger partial charge on any atom is 0.451 e. The summed E-state index contributed by atoms with van der Waals surface area (Å²) in [4.78, 5) is 87.1. The third kappa shape index (κ3) is 43.0. The van der Waals surface area contributed by atoms with Crippen LogP contribution in [0.1, 0.15) is 77.6 Å². The van der Waals surface area contributed by atoms with Crippen molar-refractivity contribution in [3.63, 3.8) is 0 Å². The number of nitrogens with one attached hydrogen (secondary N) is 3. The van der Waals surface area contributed by atoms with Crippen molar-refractivity contribution in [2.45, 2.75) is 182 Å². The molecule has 64 heteroatoms. The molecule has 0 aromatic carbocycles. The number of nitrogens with zero attached hydrogens (tertiary/aromatic N) is 13. The molecule has 0 spiro atoms. The highest BCUT2D eigenvalue weighted by atomic mass is 32.2. The van der Waals surface area contributed by atoms with Gasteiger partial charge in [-0.2, -0.15) is 133 Å². The van der Waals surface area contributed by atoms with Gasteiger partial charge < -0.3 is 127 Å². The third-order valence-electron chi connectivity index (χ3n) is 25.2. The van der Waals surface area contributed by atoms with Crippen molar-refractivity contribution in [2.24, 2.45) is 81.4 Å². The molecule has 29 N–H and O–H groups in total. The van der Waals surface area contributed by atoms with Crippen LogP contribution in [0, 0.1) is 35.5 Å². The molecule has 10 saturated heterocycles. The summed E-state index contributed by atoms with van der Waals surface area (Å²) < 4.78 is 144. The fourth-order valence-corrected chi connectivity index (χ4v) is 26.5. The van der Waals surface area contributed by atoms with Gasteiger partial charge >= 0.3 is 66.3 Å². The number of rotatable bonds is 42. The van der Waals surface area contributed by atoms with Crippen molar-refractivity contribution in [3.8, 4) is 0 Å². The van der Waals surface area contributed by atoms with E-state index in [1.807, 2.05) is 64.0 Å². The lowest BCUT2D eigenvalue weighted by Gasteiger charge is -2.46. The molecular formula is C71H151B5N24O30S5. The van der Waals surface area contributed by atoms with Gasteiger partial charge in [0.15, 0.2) is 0 Å². The molecule has 2 unspecified atom stereocenters. The van der Waals surface area contributed by atoms with Gasteiger partial charge in [0.1, 0.15) is 0 Å². The van der Waals surface area contributed by atoms with Crippen LogP contribution in [-0.2, 0) is 99.0 Å². The molecular weight excluding hydrogens is 1880 g/mol. The van der Waals surface area contributed by atoms with Gasteiger partial charge in [0, 0.05) is 211 Å². The minimum absolute atomic E-state index is 0.0119. The Hall–Kier alpha value is -4.39. The molecule has 54 nitrogen and oxygen atoms in total. The van der Waals surface area contributed by atoms with Crippen molar-refractivity contribution in [2.75, 3.05) is 206 Å². The zero-order valence-corrected chi connectivity index (χ0v) is 82.8. The normalized spacial score (nSPS) is 27.0. The number of nitrogens with two attached hydrogens (primary N) is 8. The fraction of sp³-hybridized carbons (Fsp3) is 0.930. The molecule has 0 saturated carbocycles. The van der Waals surface area contributed by atoms with Crippen LogP contribution in [0.5, 0.6) is 0 Å². The molecule has 0 radical (unpaired) electrons. The maximum atomic E-state index is 13.1. The Balaban J connectivity index is 0.000000812. The summed E-state index contributed by atoms with van der Waals surface area (Å²) >= 11 is 0. The first kappa shape index (κ1) is 129. The second kappa shape index (κ2) is 65.0. The zero-order valence-electron chi connectivity index (χ0n) is 78.7. The number of carbonyl (C=O) groups excluding carboxylic acids is 10. The number of likely N-dealkylation sites (N-methyl/N-ethyl adjacent to an activating group) is 4. The van der Waals surface area contributed by atoms with Gasteiger partial charge in [-0.1, -0.05) is 45.4 Å². The van der Waals surface area contributed by atoms with Crippen molar-refractivity contribution in [1.29, 1.82) is 0 Å². The molecule has 10 aliphatic rings. The molecule has 16 atom stereocenters. The average Bonchev–Trinajstić information content (AvgIpc) is 1.71. The Morgan fingerprint density at radius 3 is 0.867 bits per heavy atom. The minimum Gasteiger partial charge on any atom is -0.427 e. The first-order valence-corrected chi connectivity index (χ1v) is 51.8. The lowest BCUT2D eigenvalue weighted by Crippen LogP contribution is -2.70. The number of hydrogen-bond donors (Lipinski definition) is 21. The molecule has 0 bridgehead atoms. The summed E-state index contributed by atoms with van der Waals surface area (Å²) in [5.41, 5.74) is 48.0. The fourth-order valence-electron chi connectivity index (χ4n) is 17.2. The maximum absolute atomic E-state index is 13.1. The van der Waals surface area contributed by atoms with Gasteiger partial charge in [-0.05, 0) is 149 Å². The van der Waals surface area contributed by atoms with Gasteiger partial charge in [-0.25, -0.2) is 0 Å². The van der Waals surface area contributed by atoms with Gasteiger partial charge in [-0.3, -0.25) is 0 Å². The quantitative estimate of drug-likeness (QED) is 0.0252. The van der Waals surface area contributed by atoms with Crippen molar-refractivity contribution < 1.29 is 140 Å². The van der Waals surface area contributed by atoms with E-state index in [2.05, 4.69) is 22.9 Å². The van der Waals surface area contributed by atoms with E-state index >= 15 is 0 Å². The van der Waals surface area contributed by atoms with Crippen LogP contribution in [0.15, 0.2) is 0 Å². The van der Waals surface area contributed by atoms with Crippen LogP contribution in [0.25, 0.3) is 0 Å². The summed E-state index contributed by atoms with van der Waals surface area (Å²) in [6.45, 7) is 12.9. The highest BCUT2D eigenvalue weighted by molar-refractivity contribution is 7.88. The standard InChI is InChI=1S/C15H36BN5O4S.C14H31BN4O4S.C13H28BN5O4S.C13H30BN5O4S.C11H26BN5O4S.5CO2/c1-18(2)8-10-20(11-9-19(3)4)26(24,25)21-12-14(15(17)13-21)6-5-7-16(22)23;1-3-11-7-19(10-14(11)17-2)24(22,23)18-8-12(13(16)9-18)5-4-6-15(20)21;15-13-9-18(8-10(13)2-1-3-14(20)21)24(22,23)19(11-4-16-5-11)12-6-17-7-12;1-17(2)13-9-19(8-12(13)16)24(22,23)18-6-10(11(15)7-18)4-3-5-14(20)21;13-4-11-10(15)7-17(11)22(20,21)16-5-8(9(14)6-16)2-1-3-12(18)19;5*2-1-3/h14-15,22-23H,5-13,17H2,1-4H3;11-14,17,20-21H,3-10,16H2,1-2H3;10-13,16-17,20-21H,1-9,15H2;10-13,20-21H,3-9,15-16H2,1-2H3;8-11,18-19H,1-7,13-15H2;;;;;/t14-,15-;11-,12+,13+,14+;10-,13-;10-,11-,12-,13+;8-,9-,10?,11?;;;;;/m01000...../s1. The van der Waals surface area contributed by atoms with Gasteiger partial charge in [0.25, 0.3) is 51.0 Å². The molecule has 10 rings (SSSR count). The largest absolute Gasteiger partial charge is 0.451 e. The second-order valence-corrected chi connectivity index (χ2v) is 45.1. The van der Waals surface area contributed by atoms with E-state index in [0.717, 1.165) is 6.42 Å². The van der Waals surface area contributed by atoms with E-state index in [4.69, 9.17) is 144 Å². The Bertz CT molecular complexity index is 3960. The van der Waals surface area contributed by atoms with Crippen LogP contribution in [0.4, 0.5) is 0 Å². The third-order valence-corrected chi connectivity index (χ3v) is 35.1. The summed E-state index contributed by atoms with van der Waals surface area (Å²) in [7, 11) is -10.9. The average molecular weight is 2040 g/mol. The van der Waals surface area contributed by atoms with Crippen LogP contribution in [0.2, 0.25) is 31.6 Å². The Morgan fingerprint density at radius 1 is 0.356 bits per heavy atom. The Morgan fingerprint density at radius 2 is 0.622 bits per heavy atom. The smallest absolute Gasteiger partial charge is 0.427 e. The van der Waals surface area contributed by atoms with Crippen LogP contribution in [0.3, 0.4) is 0 Å². The summed E-state index contributed by atoms with van der Waals surface area (Å²) in [6, 6.07) is -1.56. The molecule has 10 aliphatic heterocycles. The molecule has 0 amide bonds. The summed E-state index contributed by atoms with van der Waals surface area (Å²) in [5.74, 6) is 0.595. The monoisotopic (exact) mass is 2040 g/mol. The minimum atomic E-state index is -3.58. The van der Waals surface area contributed by atoms with E-state index in [9.17, 15) is 42.1 Å². The van der Waals surface area contributed by atoms with E-state index in [0.29, 0.717) is 220 Å². The predicted octanol–water partition coefficient (Wildman–Crippen LogP) is -15.1. The predicted molar refractivity (Wildman–Crippen MR) is 493 cm³/mol. The SMILES string of the molecule is CC[C@@H]1CN(S(=O)(=O)N2C[C@H](CCCB(O)O)[C@@H](N)C2)C[C@@H]1NC.CN(C)CCN(CCN(C)C)S(=O)(=O)N1C[C@H](CCCB(O)O)[C@@H](N)C1.CN(C)[C@@H]1CN(S(=O)(=O)N2C[C@H](CCCB(O)O)[C@@H](N)C2)C[C@@H]1N.NCC1C(N)CN1S(=O)(=O)N1C[C@H](CCCB(O)O)[C@@H](N)C1.N[C@H]1CN(S(=O)(=O)N(C2CNC2)C2CNC2)C[C@@H]1CCCB(O)O.O=C=O.O=C=O.O=C=O.O=C=O.O=C=O. The topological polar surface area (TPSA) is 830 Å². The molecule has 10 heterocycles. The first-order chi connectivity index (χ1) is 63.2. The van der Waals surface area contributed by atoms with E-state index in [1.165, 1.54) is 30.1 Å². The molecule has 135 heavy (non-hydrogen) atoms. The highest BCUT2D eigenvalue weighted by Crippen LogP contribution is 2.35. The van der Waals surface area contributed by atoms with Crippen LogP contribution in [-0.4, -0.2) is 495 Å². The van der Waals surface area contributed by atoms with Crippen molar-refractivity contribution >= 4 is 117 Å². The molecule has 0 aliphatic carbocycles. The molecule has 780 valence electrons. The Labute approximate surface area is 796 Å². The molecule has 10 fully saturated rings. The summed E-state index contributed by atoms with van der Waals surface area (Å²) in [6.07, 6.45) is 10.2. The van der Waals surface area contributed by atoms with Gasteiger partial charge in [0.05, 0.1) is 18.1 Å². The highest BCUT2D eigenvalue weighted by Gasteiger charge is 2.52. The second-order valence-electron chi connectivity index (χ2n) is 35.6. The van der Waals surface area contributed by atoms with Gasteiger partial charge in [-0.15, -0.1) is 0 Å². The lowest BCUT2D eigenvalue weighted by atomic mass is 9.82. The zero-order chi connectivity index (χ0) is 103. The van der Waals surface area contributed by atoms with Crippen molar-refractivity contribution in [1.82, 2.24) is 73.7 Å².